The van der Waals surface area contributed by atoms with Gasteiger partial charge in [0.1, 0.15) is 5.75 Å². The summed E-state index contributed by atoms with van der Waals surface area (Å²) in [6.07, 6.45) is 1.45. The number of aromatic amines is 1. The quantitative estimate of drug-likeness (QED) is 0.921. The zero-order valence-corrected chi connectivity index (χ0v) is 10.5. The van der Waals surface area contributed by atoms with Crippen LogP contribution < -0.4 is 10.3 Å². The van der Waals surface area contributed by atoms with E-state index in [0.717, 1.165) is 4.47 Å². The Morgan fingerprint density at radius 2 is 2.19 bits per heavy atom. The molecule has 0 unspecified atom stereocenters. The minimum Gasteiger partial charge on any atom is -0.490 e. The summed E-state index contributed by atoms with van der Waals surface area (Å²) in [5.41, 5.74) is 0.484. The minimum atomic E-state index is -0.161. The number of hydrogen-bond acceptors (Lipinski definition) is 3. The first-order valence-electron chi connectivity index (χ1n) is 4.91. The third kappa shape index (κ3) is 2.09. The fourth-order valence-corrected chi connectivity index (χ4v) is 1.84. The van der Waals surface area contributed by atoms with E-state index in [1.165, 1.54) is 6.33 Å². The molecule has 84 valence electrons. The zero-order chi connectivity index (χ0) is 11.7. The lowest BCUT2D eigenvalue weighted by Gasteiger charge is -2.11. The maximum atomic E-state index is 11.6. The average molecular weight is 283 g/mol. The highest BCUT2D eigenvalue weighted by atomic mass is 79.9. The maximum Gasteiger partial charge on any atom is 0.258 e. The van der Waals surface area contributed by atoms with Crippen molar-refractivity contribution in [3.63, 3.8) is 0 Å². The lowest BCUT2D eigenvalue weighted by Crippen LogP contribution is -2.09. The SMILES string of the molecule is CC(C)Oc1cc2c(=O)[nH]cnc2cc1Br. The number of halogens is 1. The van der Waals surface area contributed by atoms with Crippen LogP contribution in [0.15, 0.2) is 27.7 Å². The Morgan fingerprint density at radius 3 is 2.88 bits per heavy atom. The Balaban J connectivity index is 2.64. The van der Waals surface area contributed by atoms with Crippen molar-refractivity contribution in [1.82, 2.24) is 9.97 Å². The summed E-state index contributed by atoms with van der Waals surface area (Å²) in [6.45, 7) is 3.87. The Hall–Kier alpha value is -1.36. The number of ether oxygens (including phenoxy) is 1. The van der Waals surface area contributed by atoms with Gasteiger partial charge in [0.05, 0.1) is 27.8 Å². The first kappa shape index (κ1) is 11.1. The van der Waals surface area contributed by atoms with Crippen LogP contribution in [0.5, 0.6) is 5.75 Å². The molecule has 4 nitrogen and oxygen atoms in total. The van der Waals surface area contributed by atoms with Crippen LogP contribution in [0, 0.1) is 0 Å². The molecule has 0 bridgehead atoms. The summed E-state index contributed by atoms with van der Waals surface area (Å²) in [5.74, 6) is 0.654. The molecule has 1 aromatic heterocycles. The second-order valence-electron chi connectivity index (χ2n) is 3.70. The van der Waals surface area contributed by atoms with Crippen LogP contribution >= 0.6 is 15.9 Å². The Bertz CT molecular complexity index is 578. The van der Waals surface area contributed by atoms with E-state index in [2.05, 4.69) is 25.9 Å². The molecule has 0 saturated carbocycles. The molecular weight excluding hydrogens is 272 g/mol. The Kier molecular flexibility index (Phi) is 2.96. The first-order valence-corrected chi connectivity index (χ1v) is 5.71. The van der Waals surface area contributed by atoms with E-state index in [1.807, 2.05) is 13.8 Å². The predicted octanol–water partition coefficient (Wildman–Crippen LogP) is 2.47. The van der Waals surface area contributed by atoms with E-state index in [4.69, 9.17) is 4.74 Å². The molecule has 0 radical (unpaired) electrons. The zero-order valence-electron chi connectivity index (χ0n) is 8.95. The van der Waals surface area contributed by atoms with Crippen molar-refractivity contribution in [2.45, 2.75) is 20.0 Å². The molecule has 1 heterocycles. The van der Waals surface area contributed by atoms with Crippen LogP contribution in [0.1, 0.15) is 13.8 Å². The van der Waals surface area contributed by atoms with Gasteiger partial charge in [0.15, 0.2) is 0 Å². The number of fused-ring (bicyclic) bond motifs is 1. The minimum absolute atomic E-state index is 0.0597. The molecule has 16 heavy (non-hydrogen) atoms. The molecule has 1 N–H and O–H groups in total. The average Bonchev–Trinajstić information content (AvgIpc) is 2.20. The van der Waals surface area contributed by atoms with Crippen LogP contribution in [0.3, 0.4) is 0 Å². The summed E-state index contributed by atoms with van der Waals surface area (Å²) >= 11 is 3.39. The van der Waals surface area contributed by atoms with Gasteiger partial charge in [-0.25, -0.2) is 4.98 Å². The summed E-state index contributed by atoms with van der Waals surface area (Å²) in [4.78, 5) is 18.2. The molecule has 0 fully saturated rings. The molecule has 2 aromatic rings. The van der Waals surface area contributed by atoms with Gasteiger partial charge in [0.2, 0.25) is 0 Å². The van der Waals surface area contributed by atoms with Crippen molar-refractivity contribution < 1.29 is 4.74 Å². The Labute approximate surface area is 101 Å². The monoisotopic (exact) mass is 282 g/mol. The van der Waals surface area contributed by atoms with E-state index < -0.39 is 0 Å². The largest absolute Gasteiger partial charge is 0.490 e. The number of H-pyrrole nitrogens is 1. The fourth-order valence-electron chi connectivity index (χ4n) is 1.41. The van der Waals surface area contributed by atoms with Gasteiger partial charge in [0.25, 0.3) is 5.56 Å². The maximum absolute atomic E-state index is 11.6. The van der Waals surface area contributed by atoms with Crippen LogP contribution in [0.2, 0.25) is 0 Å². The third-order valence-corrected chi connectivity index (χ3v) is 2.68. The van der Waals surface area contributed by atoms with Crippen molar-refractivity contribution >= 4 is 26.8 Å². The van der Waals surface area contributed by atoms with E-state index in [9.17, 15) is 4.79 Å². The second kappa shape index (κ2) is 4.25. The van der Waals surface area contributed by atoms with Crippen molar-refractivity contribution in [1.29, 1.82) is 0 Å². The number of nitrogens with zero attached hydrogens (tertiary/aromatic N) is 1. The van der Waals surface area contributed by atoms with Gasteiger partial charge in [-0.1, -0.05) is 0 Å². The number of hydrogen-bond donors (Lipinski definition) is 1. The topological polar surface area (TPSA) is 55.0 Å². The molecule has 0 aliphatic carbocycles. The molecular formula is C11H11BrN2O2. The number of benzene rings is 1. The molecule has 1 aromatic carbocycles. The van der Waals surface area contributed by atoms with E-state index in [0.29, 0.717) is 16.7 Å². The number of nitrogens with one attached hydrogen (secondary N) is 1. The lowest BCUT2D eigenvalue weighted by atomic mass is 10.2. The lowest BCUT2D eigenvalue weighted by molar-refractivity contribution is 0.241. The molecule has 0 amide bonds. The molecule has 2 rings (SSSR count). The molecule has 0 spiro atoms. The van der Waals surface area contributed by atoms with E-state index >= 15 is 0 Å². The van der Waals surface area contributed by atoms with Gasteiger partial charge in [0, 0.05) is 0 Å². The number of aromatic nitrogens is 2. The van der Waals surface area contributed by atoms with Crippen LogP contribution in [0.4, 0.5) is 0 Å². The first-order chi connectivity index (χ1) is 7.58. The highest BCUT2D eigenvalue weighted by molar-refractivity contribution is 9.10. The van der Waals surface area contributed by atoms with Crippen molar-refractivity contribution in [2.24, 2.45) is 0 Å². The normalized spacial score (nSPS) is 11.0. The number of rotatable bonds is 2. The van der Waals surface area contributed by atoms with E-state index in [1.54, 1.807) is 12.1 Å². The van der Waals surface area contributed by atoms with Gasteiger partial charge >= 0.3 is 0 Å². The smallest absolute Gasteiger partial charge is 0.258 e. The van der Waals surface area contributed by atoms with Crippen molar-refractivity contribution in [3.8, 4) is 5.75 Å². The van der Waals surface area contributed by atoms with Crippen LogP contribution in [-0.2, 0) is 0 Å². The molecule has 5 heteroatoms. The molecule has 0 aliphatic rings. The summed E-state index contributed by atoms with van der Waals surface area (Å²) < 4.78 is 6.38. The van der Waals surface area contributed by atoms with Crippen LogP contribution in [-0.4, -0.2) is 16.1 Å². The molecule has 0 atom stereocenters. The van der Waals surface area contributed by atoms with Crippen molar-refractivity contribution in [3.05, 3.63) is 33.3 Å². The molecule has 0 aliphatic heterocycles. The standard InChI is InChI=1S/C11H11BrN2O2/c1-6(2)16-10-3-7-9(4-8(10)12)13-5-14-11(7)15/h3-6H,1-2H3,(H,13,14,15). The highest BCUT2D eigenvalue weighted by Crippen LogP contribution is 2.28. The van der Waals surface area contributed by atoms with Gasteiger partial charge in [-0.2, -0.15) is 0 Å². The van der Waals surface area contributed by atoms with Gasteiger partial charge in [-0.05, 0) is 41.9 Å². The summed E-state index contributed by atoms with van der Waals surface area (Å²) in [6, 6.07) is 3.48. The van der Waals surface area contributed by atoms with Gasteiger partial charge in [-0.15, -0.1) is 0 Å². The Morgan fingerprint density at radius 1 is 1.44 bits per heavy atom. The summed E-state index contributed by atoms with van der Waals surface area (Å²) in [5, 5.41) is 0.529. The predicted molar refractivity (Wildman–Crippen MR) is 65.8 cm³/mol. The van der Waals surface area contributed by atoms with Crippen LogP contribution in [0.25, 0.3) is 10.9 Å². The molecule has 0 saturated heterocycles. The second-order valence-corrected chi connectivity index (χ2v) is 4.55. The van der Waals surface area contributed by atoms with Gasteiger partial charge < -0.3 is 9.72 Å². The summed E-state index contributed by atoms with van der Waals surface area (Å²) in [7, 11) is 0. The van der Waals surface area contributed by atoms with E-state index in [-0.39, 0.29) is 11.7 Å². The van der Waals surface area contributed by atoms with Crippen molar-refractivity contribution in [2.75, 3.05) is 0 Å². The fraction of sp³-hybridized carbons (Fsp3) is 0.273. The highest BCUT2D eigenvalue weighted by Gasteiger charge is 2.08. The van der Waals surface area contributed by atoms with Gasteiger partial charge in [-0.3, -0.25) is 4.79 Å². The third-order valence-electron chi connectivity index (χ3n) is 2.06.